The van der Waals surface area contributed by atoms with Gasteiger partial charge in [0.15, 0.2) is 5.66 Å². The molecular formula is C16H34N5O2+. The van der Waals surface area contributed by atoms with Crippen molar-refractivity contribution < 1.29 is 14.5 Å². The summed E-state index contributed by atoms with van der Waals surface area (Å²) in [6, 6.07) is 0. The highest BCUT2D eigenvalue weighted by Gasteiger charge is 2.35. The third kappa shape index (κ3) is 6.45. The summed E-state index contributed by atoms with van der Waals surface area (Å²) >= 11 is 0. The number of aliphatic hydroxyl groups excluding tert-OH is 1. The van der Waals surface area contributed by atoms with Crippen LogP contribution in [0.25, 0.3) is 0 Å². The quantitative estimate of drug-likeness (QED) is 0.244. The van der Waals surface area contributed by atoms with Gasteiger partial charge in [0.25, 0.3) is 0 Å². The second kappa shape index (κ2) is 8.08. The van der Waals surface area contributed by atoms with Gasteiger partial charge in [0.05, 0.1) is 19.0 Å². The van der Waals surface area contributed by atoms with Crippen molar-refractivity contribution in [3.63, 3.8) is 0 Å². The molecule has 1 amide bonds. The van der Waals surface area contributed by atoms with E-state index in [4.69, 9.17) is 10.8 Å². The van der Waals surface area contributed by atoms with Crippen molar-refractivity contribution in [1.82, 2.24) is 15.1 Å². The molecule has 0 spiro atoms. The largest absolute Gasteiger partial charge is 0.396 e. The lowest BCUT2D eigenvalue weighted by atomic mass is 9.91. The van der Waals surface area contributed by atoms with E-state index in [-0.39, 0.29) is 12.5 Å². The fourth-order valence-electron chi connectivity index (χ4n) is 2.74. The van der Waals surface area contributed by atoms with Crippen LogP contribution in [0.1, 0.15) is 27.2 Å². The summed E-state index contributed by atoms with van der Waals surface area (Å²) in [5.74, 6) is 0.191. The summed E-state index contributed by atoms with van der Waals surface area (Å²) in [7, 11) is 4.00. The van der Waals surface area contributed by atoms with Crippen molar-refractivity contribution in [2.24, 2.45) is 11.1 Å². The smallest absolute Gasteiger partial charge is 0.233 e. The van der Waals surface area contributed by atoms with Crippen LogP contribution in [0.5, 0.6) is 0 Å². The molecular weight excluding hydrogens is 294 g/mol. The van der Waals surface area contributed by atoms with Crippen molar-refractivity contribution in [2.45, 2.75) is 32.9 Å². The normalized spacial score (nSPS) is 20.3. The summed E-state index contributed by atoms with van der Waals surface area (Å²) in [5.41, 5.74) is 4.89. The van der Waals surface area contributed by atoms with E-state index in [1.54, 1.807) is 6.34 Å². The number of hydrogen-bond acceptors (Lipinski definition) is 4. The van der Waals surface area contributed by atoms with Crippen LogP contribution in [-0.4, -0.2) is 90.8 Å². The Balaban J connectivity index is 2.60. The molecule has 1 atom stereocenters. The Morgan fingerprint density at radius 1 is 1.30 bits per heavy atom. The molecule has 1 fully saturated rings. The van der Waals surface area contributed by atoms with Crippen LogP contribution in [0, 0.1) is 5.41 Å². The van der Waals surface area contributed by atoms with Crippen LogP contribution in [0.15, 0.2) is 0 Å². The van der Waals surface area contributed by atoms with E-state index in [0.29, 0.717) is 13.0 Å². The fraction of sp³-hybridized carbons (Fsp3) is 0.875. The second-order valence-electron chi connectivity index (χ2n) is 7.56. The number of rotatable bonds is 7. The van der Waals surface area contributed by atoms with Gasteiger partial charge in [-0.15, -0.1) is 0 Å². The Bertz CT molecular complexity index is 426. The van der Waals surface area contributed by atoms with E-state index in [0.717, 1.165) is 26.2 Å². The highest BCUT2D eigenvalue weighted by molar-refractivity contribution is 5.82. The van der Waals surface area contributed by atoms with Gasteiger partial charge in [-0.2, -0.15) is 0 Å². The standard InChI is InChI=1S/C16H33N5O2/c1-15(2,14(23)21-9-7-19(4)8-10-21)12-20(5)13-18-16(3,17)6-11-22/h13,22H,6-12,17H2,1-5H3/p+1. The number of carbonyl (C=O) groups is 1. The molecule has 7 heteroatoms. The van der Waals surface area contributed by atoms with Gasteiger partial charge in [-0.05, 0) is 27.8 Å². The first-order chi connectivity index (χ1) is 10.6. The van der Waals surface area contributed by atoms with Crippen molar-refractivity contribution >= 4 is 12.2 Å². The maximum absolute atomic E-state index is 12.8. The Labute approximate surface area is 140 Å². The summed E-state index contributed by atoms with van der Waals surface area (Å²) < 4.78 is 1.94. The van der Waals surface area contributed by atoms with E-state index >= 15 is 0 Å². The minimum absolute atomic E-state index is 0.0327. The summed E-state index contributed by atoms with van der Waals surface area (Å²) in [6.45, 7) is 9.86. The molecule has 0 bridgehead atoms. The molecule has 1 unspecified atom stereocenters. The van der Waals surface area contributed by atoms with Crippen molar-refractivity contribution in [2.75, 3.05) is 53.4 Å². The molecule has 1 rings (SSSR count). The molecule has 7 nitrogen and oxygen atoms in total. The molecule has 0 radical (unpaired) electrons. The molecule has 1 saturated heterocycles. The van der Waals surface area contributed by atoms with E-state index in [9.17, 15) is 4.79 Å². The number of carbonyl (C=O) groups excluding carboxylic acids is 1. The average molecular weight is 328 g/mol. The fourth-order valence-corrected chi connectivity index (χ4v) is 2.74. The van der Waals surface area contributed by atoms with Gasteiger partial charge < -0.3 is 14.9 Å². The Hall–Kier alpha value is -1.18. The molecule has 4 N–H and O–H groups in total. The van der Waals surface area contributed by atoms with Crippen LogP contribution < -0.4 is 11.1 Å². The zero-order chi connectivity index (χ0) is 17.7. The summed E-state index contributed by atoms with van der Waals surface area (Å²) in [5, 5.41) is 12.1. The Morgan fingerprint density at radius 3 is 2.39 bits per heavy atom. The molecule has 0 aliphatic carbocycles. The van der Waals surface area contributed by atoms with E-state index in [2.05, 4.69) is 17.3 Å². The Morgan fingerprint density at radius 2 is 1.87 bits per heavy atom. The van der Waals surface area contributed by atoms with Crippen molar-refractivity contribution in [1.29, 1.82) is 0 Å². The predicted octanol–water partition coefficient (Wildman–Crippen LogP) is -0.896. The van der Waals surface area contributed by atoms with Gasteiger partial charge in [-0.25, -0.2) is 0 Å². The zero-order valence-corrected chi connectivity index (χ0v) is 15.3. The monoisotopic (exact) mass is 328 g/mol. The third-order valence-electron chi connectivity index (χ3n) is 4.26. The number of piperazine rings is 1. The van der Waals surface area contributed by atoms with Gasteiger partial charge in [-0.1, -0.05) is 0 Å². The lowest BCUT2D eigenvalue weighted by Crippen LogP contribution is -2.54. The highest BCUT2D eigenvalue weighted by Crippen LogP contribution is 2.20. The van der Waals surface area contributed by atoms with Crippen molar-refractivity contribution in [3.05, 3.63) is 0 Å². The molecule has 0 saturated carbocycles. The topological polar surface area (TPSA) is 84.8 Å². The molecule has 0 aromatic rings. The molecule has 0 aromatic heterocycles. The van der Waals surface area contributed by atoms with Gasteiger partial charge in [0.2, 0.25) is 12.2 Å². The van der Waals surface area contributed by atoms with Crippen LogP contribution in [0.4, 0.5) is 0 Å². The lowest BCUT2D eigenvalue weighted by Gasteiger charge is -2.37. The molecule has 134 valence electrons. The van der Waals surface area contributed by atoms with Crippen molar-refractivity contribution in [3.8, 4) is 0 Å². The SMILES string of the molecule is CN1CCN(C(=O)C(C)(C)C[N+](C)=CNC(C)(N)CCO)CC1. The number of amides is 1. The molecule has 1 aliphatic rings. The number of nitrogens with one attached hydrogen (secondary N) is 1. The van der Waals surface area contributed by atoms with Gasteiger partial charge in [0.1, 0.15) is 0 Å². The van der Waals surface area contributed by atoms with E-state index in [1.807, 2.05) is 37.3 Å². The zero-order valence-electron chi connectivity index (χ0n) is 15.3. The second-order valence-corrected chi connectivity index (χ2v) is 7.56. The molecule has 0 aromatic carbocycles. The number of nitrogens with two attached hydrogens (primary N) is 1. The summed E-state index contributed by atoms with van der Waals surface area (Å²) in [4.78, 5) is 17.0. The number of nitrogens with zero attached hydrogens (tertiary/aromatic N) is 3. The van der Waals surface area contributed by atoms with Crippen LogP contribution in [-0.2, 0) is 4.79 Å². The molecule has 23 heavy (non-hydrogen) atoms. The minimum atomic E-state index is -0.658. The van der Waals surface area contributed by atoms with Crippen LogP contribution in [0.2, 0.25) is 0 Å². The average Bonchev–Trinajstić information content (AvgIpc) is 2.45. The van der Waals surface area contributed by atoms with Crippen LogP contribution in [0.3, 0.4) is 0 Å². The van der Waals surface area contributed by atoms with Gasteiger partial charge >= 0.3 is 0 Å². The van der Waals surface area contributed by atoms with E-state index < -0.39 is 11.1 Å². The summed E-state index contributed by atoms with van der Waals surface area (Å²) in [6.07, 6.45) is 2.25. The Kier molecular flexibility index (Phi) is 6.98. The maximum atomic E-state index is 12.8. The first-order valence-electron chi connectivity index (χ1n) is 8.26. The predicted molar refractivity (Wildman–Crippen MR) is 92.4 cm³/mol. The third-order valence-corrected chi connectivity index (χ3v) is 4.26. The first-order valence-corrected chi connectivity index (χ1v) is 8.26. The molecule has 1 aliphatic heterocycles. The van der Waals surface area contributed by atoms with Gasteiger partial charge in [0, 0.05) is 39.2 Å². The molecule has 1 heterocycles. The minimum Gasteiger partial charge on any atom is -0.396 e. The first kappa shape index (κ1) is 19.9. The number of hydrogen-bond donors (Lipinski definition) is 3. The number of likely N-dealkylation sites (N-methyl/N-ethyl adjacent to an activating group) is 1. The van der Waals surface area contributed by atoms with Gasteiger partial charge in [-0.3, -0.25) is 20.4 Å². The number of aliphatic hydroxyl groups is 1. The lowest BCUT2D eigenvalue weighted by molar-refractivity contribution is -0.506. The van der Waals surface area contributed by atoms with Crippen LogP contribution >= 0.6 is 0 Å². The highest BCUT2D eigenvalue weighted by atomic mass is 16.3. The maximum Gasteiger partial charge on any atom is 0.233 e. The van der Waals surface area contributed by atoms with E-state index in [1.165, 1.54) is 0 Å².